The molecule has 0 radical (unpaired) electrons. The van der Waals surface area contributed by atoms with Gasteiger partial charge < -0.3 is 19.1 Å². The molecule has 0 aromatic heterocycles. The third-order valence-corrected chi connectivity index (χ3v) is 5.46. The minimum Gasteiger partial charge on any atom is -0.458 e. The number of rotatable bonds is 6. The van der Waals surface area contributed by atoms with Crippen LogP contribution in [-0.4, -0.2) is 49.6 Å². The lowest BCUT2D eigenvalue weighted by atomic mass is 10.1. The number of hydrogen-bond donors (Lipinski definition) is 1. The number of alkyl halides is 3. The Hall–Kier alpha value is -1.12. The molecule has 0 aliphatic heterocycles. The van der Waals surface area contributed by atoms with E-state index in [1.165, 1.54) is 20.8 Å². The van der Waals surface area contributed by atoms with Crippen molar-refractivity contribution in [1.82, 2.24) is 5.32 Å². The van der Waals surface area contributed by atoms with Crippen molar-refractivity contribution in [3.8, 4) is 0 Å². The second-order valence-electron chi connectivity index (χ2n) is 6.48. The monoisotopic (exact) mass is 375 g/mol. The van der Waals surface area contributed by atoms with Crippen molar-refractivity contribution in [2.45, 2.75) is 44.5 Å². The predicted octanol–water partition coefficient (Wildman–Crippen LogP) is 2.25. The molecule has 1 aliphatic carbocycles. The summed E-state index contributed by atoms with van der Waals surface area (Å²) in [7, 11) is -1.33. The van der Waals surface area contributed by atoms with E-state index >= 15 is 0 Å². The topological polar surface area (TPSA) is 90.9 Å². The smallest absolute Gasteiger partial charge is 0.458 e. The van der Waals surface area contributed by atoms with Crippen molar-refractivity contribution in [2.24, 2.45) is 5.92 Å². The second-order valence-corrected chi connectivity index (χ2v) is 8.80. The number of hydrogen-bond acceptors (Lipinski definition) is 6. The van der Waals surface area contributed by atoms with Crippen molar-refractivity contribution in [3.63, 3.8) is 0 Å². The van der Waals surface area contributed by atoms with Crippen molar-refractivity contribution in [2.75, 3.05) is 20.4 Å². The molecule has 24 heavy (non-hydrogen) atoms. The van der Waals surface area contributed by atoms with Gasteiger partial charge in [0.25, 0.3) is 0 Å². The zero-order valence-corrected chi connectivity index (χ0v) is 14.9. The van der Waals surface area contributed by atoms with Crippen molar-refractivity contribution >= 4 is 19.5 Å². The summed E-state index contributed by atoms with van der Waals surface area (Å²) in [4.78, 5) is 23.6. The van der Waals surface area contributed by atoms with E-state index in [1.807, 2.05) is 0 Å². The molecule has 1 rings (SSSR count). The third-order valence-electron chi connectivity index (χ3n) is 3.46. The molecule has 11 heteroatoms. The molecule has 1 amide bonds. The van der Waals surface area contributed by atoms with E-state index in [9.17, 15) is 27.3 Å². The Balaban J connectivity index is 3.02. The van der Waals surface area contributed by atoms with Crippen LogP contribution in [0.25, 0.3) is 0 Å². The van der Waals surface area contributed by atoms with Crippen molar-refractivity contribution < 1.29 is 41.1 Å². The summed E-state index contributed by atoms with van der Waals surface area (Å²) in [6.45, 7) is 4.62. The number of ether oxygens (including phenoxy) is 1. The van der Waals surface area contributed by atoms with Crippen LogP contribution >= 0.6 is 7.60 Å². The molecule has 0 saturated heterocycles. The summed E-state index contributed by atoms with van der Waals surface area (Å²) >= 11 is 0. The predicted molar refractivity (Wildman–Crippen MR) is 77.4 cm³/mol. The van der Waals surface area contributed by atoms with Crippen molar-refractivity contribution in [3.05, 3.63) is 0 Å². The standard InChI is InChI=1S/C13H21F3NO6P/c1-11(2,3)23-10(19)12(17-9(18)13(14,15)16)6-8(12)7-24(20,21-4)22-5/h8H,6-7H2,1-5H3,(H,17,18)/t8-,12-/m0/s1. The number of halogens is 3. The quantitative estimate of drug-likeness (QED) is 0.566. The highest BCUT2D eigenvalue weighted by Crippen LogP contribution is 2.57. The van der Waals surface area contributed by atoms with Gasteiger partial charge in [-0.15, -0.1) is 0 Å². The highest BCUT2D eigenvalue weighted by molar-refractivity contribution is 7.53. The van der Waals surface area contributed by atoms with E-state index in [-0.39, 0.29) is 12.6 Å². The van der Waals surface area contributed by atoms with Crippen LogP contribution in [0.2, 0.25) is 0 Å². The van der Waals surface area contributed by atoms with Gasteiger partial charge in [0.2, 0.25) is 0 Å². The zero-order chi connectivity index (χ0) is 19.0. The first-order valence-corrected chi connectivity index (χ1v) is 8.75. The van der Waals surface area contributed by atoms with Gasteiger partial charge in [0, 0.05) is 20.1 Å². The molecule has 0 unspecified atom stereocenters. The molecule has 1 fully saturated rings. The summed E-state index contributed by atoms with van der Waals surface area (Å²) in [5.74, 6) is -4.14. The number of nitrogens with one attached hydrogen (secondary N) is 1. The molecule has 0 aromatic rings. The van der Waals surface area contributed by atoms with Gasteiger partial charge in [0.15, 0.2) is 0 Å². The molecule has 1 N–H and O–H groups in total. The number of esters is 1. The van der Waals surface area contributed by atoms with E-state index in [0.29, 0.717) is 0 Å². The summed E-state index contributed by atoms with van der Waals surface area (Å²) in [6.07, 6.45) is -5.63. The SMILES string of the molecule is COP(=O)(C[C@@H]1C[C@@]1(NC(=O)C(F)(F)F)C(=O)OC(C)(C)C)OC. The van der Waals surface area contributed by atoms with Gasteiger partial charge in [0.05, 0.1) is 6.16 Å². The molecular weight excluding hydrogens is 354 g/mol. The maximum absolute atomic E-state index is 12.5. The lowest BCUT2D eigenvalue weighted by Gasteiger charge is -2.26. The minimum absolute atomic E-state index is 0.152. The first-order valence-electron chi connectivity index (χ1n) is 7.02. The van der Waals surface area contributed by atoms with Gasteiger partial charge >= 0.3 is 25.6 Å². The molecule has 2 atom stereocenters. The van der Waals surface area contributed by atoms with Crippen LogP contribution in [0.3, 0.4) is 0 Å². The molecule has 0 heterocycles. The Morgan fingerprint density at radius 3 is 2.08 bits per heavy atom. The lowest BCUT2D eigenvalue weighted by Crippen LogP contribution is -2.52. The average Bonchev–Trinajstić information content (AvgIpc) is 3.09. The number of carbonyl (C=O) groups excluding carboxylic acids is 2. The summed E-state index contributed by atoms with van der Waals surface area (Å²) in [5.41, 5.74) is -2.86. The Labute approximate surface area is 137 Å². The first kappa shape index (κ1) is 20.9. The largest absolute Gasteiger partial charge is 0.471 e. The van der Waals surface area contributed by atoms with E-state index < -0.39 is 42.7 Å². The molecular formula is C13H21F3NO6P. The Kier molecular flexibility index (Phi) is 5.80. The first-order chi connectivity index (χ1) is 10.7. The number of amides is 1. The van der Waals surface area contributed by atoms with Crippen LogP contribution in [0.1, 0.15) is 27.2 Å². The normalized spacial score (nSPS) is 24.4. The van der Waals surface area contributed by atoms with Crippen LogP contribution in [-0.2, 0) is 27.9 Å². The van der Waals surface area contributed by atoms with Crippen LogP contribution in [0.15, 0.2) is 0 Å². The summed E-state index contributed by atoms with van der Waals surface area (Å²) < 4.78 is 64.3. The minimum atomic E-state index is -5.16. The van der Waals surface area contributed by atoms with Gasteiger partial charge in [-0.2, -0.15) is 13.2 Å². The maximum atomic E-state index is 12.5. The van der Waals surface area contributed by atoms with Gasteiger partial charge in [0.1, 0.15) is 11.1 Å². The molecule has 0 bridgehead atoms. The Morgan fingerprint density at radius 2 is 1.71 bits per heavy atom. The molecule has 7 nitrogen and oxygen atoms in total. The second kappa shape index (κ2) is 6.65. The van der Waals surface area contributed by atoms with Gasteiger partial charge in [-0.05, 0) is 27.2 Å². The van der Waals surface area contributed by atoms with E-state index in [1.54, 1.807) is 5.32 Å². The van der Waals surface area contributed by atoms with Crippen LogP contribution in [0.5, 0.6) is 0 Å². The number of carbonyl (C=O) groups is 2. The highest BCUT2D eigenvalue weighted by Gasteiger charge is 2.66. The maximum Gasteiger partial charge on any atom is 0.471 e. The average molecular weight is 375 g/mol. The Morgan fingerprint density at radius 1 is 1.21 bits per heavy atom. The van der Waals surface area contributed by atoms with E-state index in [0.717, 1.165) is 14.2 Å². The highest BCUT2D eigenvalue weighted by atomic mass is 31.2. The molecule has 1 aliphatic rings. The van der Waals surface area contributed by atoms with Gasteiger partial charge in [-0.1, -0.05) is 0 Å². The molecule has 1 saturated carbocycles. The van der Waals surface area contributed by atoms with Gasteiger partial charge in [-0.25, -0.2) is 4.79 Å². The van der Waals surface area contributed by atoms with Crippen LogP contribution in [0, 0.1) is 5.92 Å². The van der Waals surface area contributed by atoms with E-state index in [2.05, 4.69) is 0 Å². The van der Waals surface area contributed by atoms with Gasteiger partial charge in [-0.3, -0.25) is 9.36 Å². The fourth-order valence-electron chi connectivity index (χ4n) is 2.14. The van der Waals surface area contributed by atoms with Crippen LogP contribution < -0.4 is 5.32 Å². The Bertz CT molecular complexity index is 551. The molecule has 140 valence electrons. The third kappa shape index (κ3) is 4.94. The molecule has 0 aromatic carbocycles. The molecule has 0 spiro atoms. The fourth-order valence-corrected chi connectivity index (χ4v) is 3.57. The summed E-state index contributed by atoms with van der Waals surface area (Å²) in [5, 5.41) is 1.68. The van der Waals surface area contributed by atoms with Crippen molar-refractivity contribution in [1.29, 1.82) is 0 Å². The zero-order valence-electron chi connectivity index (χ0n) is 14.0. The summed E-state index contributed by atoms with van der Waals surface area (Å²) in [6, 6.07) is 0. The fraction of sp³-hybridized carbons (Fsp3) is 0.846. The lowest BCUT2D eigenvalue weighted by molar-refractivity contribution is -0.178. The van der Waals surface area contributed by atoms with E-state index in [4.69, 9.17) is 13.8 Å². The van der Waals surface area contributed by atoms with Crippen LogP contribution in [0.4, 0.5) is 13.2 Å².